The molecule has 0 aliphatic carbocycles. The topological polar surface area (TPSA) is 21.8 Å². The molecule has 0 bridgehead atoms. The van der Waals surface area contributed by atoms with Gasteiger partial charge < -0.3 is 9.47 Å². The highest BCUT2D eigenvalue weighted by Gasteiger charge is 2.39. The first-order valence-corrected chi connectivity index (χ1v) is 5.54. The Hall–Kier alpha value is -0.860. The third kappa shape index (κ3) is 3.65. The van der Waals surface area contributed by atoms with Crippen molar-refractivity contribution >= 4 is 0 Å². The van der Waals surface area contributed by atoms with Crippen molar-refractivity contribution < 1.29 is 9.47 Å². The Bertz CT molecular complexity index is 291. The lowest BCUT2D eigenvalue weighted by atomic mass is 10.1. The van der Waals surface area contributed by atoms with Crippen LogP contribution in [0.1, 0.15) is 18.9 Å². The van der Waals surface area contributed by atoms with Crippen molar-refractivity contribution in [3.63, 3.8) is 0 Å². The van der Waals surface area contributed by atoms with Crippen LogP contribution in [0.15, 0.2) is 30.3 Å². The van der Waals surface area contributed by atoms with Crippen LogP contribution < -0.4 is 0 Å². The van der Waals surface area contributed by atoms with E-state index in [1.165, 1.54) is 5.56 Å². The fourth-order valence-electron chi connectivity index (χ4n) is 1.52. The Morgan fingerprint density at radius 2 is 2.07 bits per heavy atom. The van der Waals surface area contributed by atoms with E-state index in [1.807, 2.05) is 6.07 Å². The van der Waals surface area contributed by atoms with Crippen LogP contribution in [-0.2, 0) is 15.9 Å². The second-order valence-corrected chi connectivity index (χ2v) is 4.38. The van der Waals surface area contributed by atoms with Gasteiger partial charge in [-0.2, -0.15) is 0 Å². The van der Waals surface area contributed by atoms with Crippen molar-refractivity contribution in [3.8, 4) is 0 Å². The summed E-state index contributed by atoms with van der Waals surface area (Å²) in [6.45, 7) is 4.51. The molecule has 1 aliphatic heterocycles. The Morgan fingerprint density at radius 1 is 1.33 bits per heavy atom. The highest BCUT2D eigenvalue weighted by Crippen LogP contribution is 2.25. The molecule has 1 unspecified atom stereocenters. The first-order valence-electron chi connectivity index (χ1n) is 5.54. The van der Waals surface area contributed by atoms with Crippen LogP contribution in [-0.4, -0.2) is 25.4 Å². The molecule has 1 atom stereocenters. The average Bonchev–Trinajstić information content (AvgIpc) is 2.98. The highest BCUT2D eigenvalue weighted by atomic mass is 16.6. The van der Waals surface area contributed by atoms with E-state index in [9.17, 15) is 0 Å². The molecule has 1 aromatic rings. The van der Waals surface area contributed by atoms with Crippen LogP contribution in [0.3, 0.4) is 0 Å². The van der Waals surface area contributed by atoms with E-state index in [2.05, 4.69) is 31.2 Å². The van der Waals surface area contributed by atoms with Crippen molar-refractivity contribution in [3.05, 3.63) is 35.9 Å². The second-order valence-electron chi connectivity index (χ2n) is 4.38. The molecule has 0 spiro atoms. The SMILES string of the molecule is CC1(COCCCc2ccccc2)CO1. The van der Waals surface area contributed by atoms with Gasteiger partial charge in [-0.3, -0.25) is 0 Å². The summed E-state index contributed by atoms with van der Waals surface area (Å²) in [4.78, 5) is 0. The van der Waals surface area contributed by atoms with E-state index in [0.29, 0.717) is 0 Å². The van der Waals surface area contributed by atoms with Crippen LogP contribution in [0, 0.1) is 0 Å². The first kappa shape index (κ1) is 10.7. The van der Waals surface area contributed by atoms with Crippen LogP contribution in [0.4, 0.5) is 0 Å². The highest BCUT2D eigenvalue weighted by molar-refractivity contribution is 5.14. The molecular weight excluding hydrogens is 188 g/mol. The third-order valence-electron chi connectivity index (χ3n) is 2.64. The largest absolute Gasteiger partial charge is 0.378 e. The standard InChI is InChI=1S/C13H18O2/c1-13(11-15-13)10-14-9-5-8-12-6-3-2-4-7-12/h2-4,6-7H,5,8-11H2,1H3. The maximum atomic E-state index is 5.56. The number of ether oxygens (including phenoxy) is 2. The molecule has 1 aromatic carbocycles. The lowest BCUT2D eigenvalue weighted by Gasteiger charge is -2.06. The van der Waals surface area contributed by atoms with Crippen LogP contribution in [0.5, 0.6) is 0 Å². The van der Waals surface area contributed by atoms with Crippen LogP contribution >= 0.6 is 0 Å². The van der Waals surface area contributed by atoms with Gasteiger partial charge in [0.05, 0.1) is 13.2 Å². The third-order valence-corrected chi connectivity index (χ3v) is 2.64. The molecule has 0 saturated carbocycles. The summed E-state index contributed by atoms with van der Waals surface area (Å²) >= 11 is 0. The molecule has 2 rings (SSSR count). The maximum Gasteiger partial charge on any atom is 0.112 e. The van der Waals surface area contributed by atoms with E-state index < -0.39 is 0 Å². The van der Waals surface area contributed by atoms with Gasteiger partial charge in [-0.05, 0) is 25.3 Å². The van der Waals surface area contributed by atoms with Gasteiger partial charge in [0.25, 0.3) is 0 Å². The number of hydrogen-bond donors (Lipinski definition) is 0. The van der Waals surface area contributed by atoms with Gasteiger partial charge in [-0.25, -0.2) is 0 Å². The van der Waals surface area contributed by atoms with Crippen molar-refractivity contribution in [2.75, 3.05) is 19.8 Å². The summed E-state index contributed by atoms with van der Waals surface area (Å²) in [7, 11) is 0. The van der Waals surface area contributed by atoms with E-state index in [4.69, 9.17) is 9.47 Å². The predicted octanol–water partition coefficient (Wildman–Crippen LogP) is 2.42. The fourth-order valence-corrected chi connectivity index (χ4v) is 1.52. The minimum atomic E-state index is 0.0345. The molecular formula is C13H18O2. The normalized spacial score (nSPS) is 24.1. The smallest absolute Gasteiger partial charge is 0.112 e. The zero-order valence-electron chi connectivity index (χ0n) is 9.24. The minimum Gasteiger partial charge on any atom is -0.378 e. The maximum absolute atomic E-state index is 5.56. The molecule has 2 nitrogen and oxygen atoms in total. The second kappa shape index (κ2) is 4.77. The molecule has 0 N–H and O–H groups in total. The molecule has 1 heterocycles. The van der Waals surface area contributed by atoms with Crippen LogP contribution in [0.25, 0.3) is 0 Å². The van der Waals surface area contributed by atoms with E-state index >= 15 is 0 Å². The van der Waals surface area contributed by atoms with Gasteiger partial charge in [0.1, 0.15) is 5.60 Å². The quantitative estimate of drug-likeness (QED) is 0.526. The molecule has 2 heteroatoms. The molecule has 0 radical (unpaired) electrons. The number of hydrogen-bond acceptors (Lipinski definition) is 2. The van der Waals surface area contributed by atoms with Gasteiger partial charge in [-0.1, -0.05) is 30.3 Å². The zero-order chi connectivity index (χ0) is 10.6. The summed E-state index contributed by atoms with van der Waals surface area (Å²) in [6, 6.07) is 10.5. The van der Waals surface area contributed by atoms with Crippen molar-refractivity contribution in [1.82, 2.24) is 0 Å². The lowest BCUT2D eigenvalue weighted by molar-refractivity contribution is 0.0839. The Labute approximate surface area is 91.2 Å². The average molecular weight is 206 g/mol. The predicted molar refractivity (Wildman–Crippen MR) is 59.9 cm³/mol. The number of benzene rings is 1. The Balaban J connectivity index is 1.55. The van der Waals surface area contributed by atoms with E-state index in [-0.39, 0.29) is 5.60 Å². The Morgan fingerprint density at radius 3 is 2.73 bits per heavy atom. The van der Waals surface area contributed by atoms with Gasteiger partial charge in [-0.15, -0.1) is 0 Å². The summed E-state index contributed by atoms with van der Waals surface area (Å²) in [5, 5.41) is 0. The van der Waals surface area contributed by atoms with Crippen LogP contribution in [0.2, 0.25) is 0 Å². The van der Waals surface area contributed by atoms with E-state index in [1.54, 1.807) is 0 Å². The zero-order valence-corrected chi connectivity index (χ0v) is 9.24. The molecule has 0 aromatic heterocycles. The first-order chi connectivity index (χ1) is 7.29. The minimum absolute atomic E-state index is 0.0345. The van der Waals surface area contributed by atoms with E-state index in [0.717, 1.165) is 32.7 Å². The van der Waals surface area contributed by atoms with Gasteiger partial charge in [0, 0.05) is 6.61 Å². The number of rotatable bonds is 6. The van der Waals surface area contributed by atoms with Crippen molar-refractivity contribution in [2.24, 2.45) is 0 Å². The summed E-state index contributed by atoms with van der Waals surface area (Å²) in [6.07, 6.45) is 2.18. The van der Waals surface area contributed by atoms with Crippen molar-refractivity contribution in [1.29, 1.82) is 0 Å². The summed E-state index contributed by atoms with van der Waals surface area (Å²) in [5.41, 5.74) is 1.42. The van der Waals surface area contributed by atoms with Gasteiger partial charge in [0.2, 0.25) is 0 Å². The molecule has 15 heavy (non-hydrogen) atoms. The fraction of sp³-hybridized carbons (Fsp3) is 0.538. The summed E-state index contributed by atoms with van der Waals surface area (Å²) < 4.78 is 10.8. The molecule has 1 saturated heterocycles. The molecule has 82 valence electrons. The van der Waals surface area contributed by atoms with Crippen molar-refractivity contribution in [2.45, 2.75) is 25.4 Å². The van der Waals surface area contributed by atoms with Gasteiger partial charge >= 0.3 is 0 Å². The molecule has 1 fully saturated rings. The number of epoxide rings is 1. The molecule has 1 aliphatic rings. The summed E-state index contributed by atoms with van der Waals surface area (Å²) in [5.74, 6) is 0. The molecule has 0 amide bonds. The Kier molecular flexibility index (Phi) is 3.39. The lowest BCUT2D eigenvalue weighted by Crippen LogP contribution is -2.15. The number of aryl methyl sites for hydroxylation is 1. The van der Waals surface area contributed by atoms with Gasteiger partial charge in [0.15, 0.2) is 0 Å². The monoisotopic (exact) mass is 206 g/mol.